The molecule has 0 unspecified atom stereocenters. The molecule has 3 rings (SSSR count). The van der Waals surface area contributed by atoms with Gasteiger partial charge in [0.15, 0.2) is 0 Å². The summed E-state index contributed by atoms with van der Waals surface area (Å²) >= 11 is 1.80. The van der Waals surface area contributed by atoms with Gasteiger partial charge < -0.3 is 4.74 Å². The molecule has 0 saturated heterocycles. The van der Waals surface area contributed by atoms with Crippen molar-refractivity contribution in [3.05, 3.63) is 76.7 Å². The van der Waals surface area contributed by atoms with E-state index >= 15 is 0 Å². The van der Waals surface area contributed by atoms with Crippen molar-refractivity contribution in [2.45, 2.75) is 13.1 Å². The van der Waals surface area contributed by atoms with Gasteiger partial charge in [0.25, 0.3) is 0 Å². The maximum atomic E-state index is 8.90. The van der Waals surface area contributed by atoms with Gasteiger partial charge in [0, 0.05) is 22.8 Å². The second-order valence-electron chi connectivity index (χ2n) is 5.98. The number of thiophene rings is 1. The maximum Gasteiger partial charge on any atom is 0.119 e. The number of benzene rings is 2. The third-order valence-corrected chi connectivity index (χ3v) is 5.09. The molecule has 0 aliphatic rings. The third kappa shape index (κ3) is 4.48. The Balaban J connectivity index is 1.64. The zero-order chi connectivity index (χ0) is 17.6. The highest BCUT2D eigenvalue weighted by Gasteiger charge is 2.07. The summed E-state index contributed by atoms with van der Waals surface area (Å²) in [6.45, 7) is 1.78. The molecule has 0 spiro atoms. The van der Waals surface area contributed by atoms with Gasteiger partial charge in [-0.15, -0.1) is 11.3 Å². The maximum absolute atomic E-state index is 8.90. The van der Waals surface area contributed by atoms with E-state index in [0.717, 1.165) is 24.4 Å². The molecule has 0 N–H and O–H groups in total. The lowest BCUT2D eigenvalue weighted by Crippen LogP contribution is -2.16. The van der Waals surface area contributed by atoms with Crippen molar-refractivity contribution >= 4 is 11.3 Å². The number of rotatable bonds is 6. The van der Waals surface area contributed by atoms with E-state index in [1.807, 2.05) is 36.4 Å². The van der Waals surface area contributed by atoms with Crippen LogP contribution in [0.3, 0.4) is 0 Å². The van der Waals surface area contributed by atoms with E-state index in [0.29, 0.717) is 5.56 Å². The molecule has 0 aliphatic heterocycles. The van der Waals surface area contributed by atoms with Crippen LogP contribution >= 0.6 is 11.3 Å². The van der Waals surface area contributed by atoms with Gasteiger partial charge in [-0.05, 0) is 54.6 Å². The SMILES string of the molecule is COc1cccc(CN(C)Cc2ccc(-c3ccc(C#N)cc3)s2)c1. The first-order valence-electron chi connectivity index (χ1n) is 8.08. The quantitative estimate of drug-likeness (QED) is 0.634. The highest BCUT2D eigenvalue weighted by Crippen LogP contribution is 2.29. The van der Waals surface area contributed by atoms with Crippen molar-refractivity contribution in [3.8, 4) is 22.3 Å². The van der Waals surface area contributed by atoms with Crippen LogP contribution in [-0.4, -0.2) is 19.1 Å². The van der Waals surface area contributed by atoms with E-state index in [-0.39, 0.29) is 0 Å². The number of nitrogens with zero attached hydrogens (tertiary/aromatic N) is 2. The fourth-order valence-corrected chi connectivity index (χ4v) is 3.82. The van der Waals surface area contributed by atoms with E-state index in [1.54, 1.807) is 18.4 Å². The zero-order valence-electron chi connectivity index (χ0n) is 14.4. The van der Waals surface area contributed by atoms with Gasteiger partial charge in [-0.25, -0.2) is 0 Å². The molecule has 4 heteroatoms. The summed E-state index contributed by atoms with van der Waals surface area (Å²) in [7, 11) is 3.82. The second-order valence-corrected chi connectivity index (χ2v) is 7.15. The number of nitriles is 1. The fraction of sp³-hybridized carbons (Fsp3) is 0.190. The Labute approximate surface area is 152 Å². The normalized spacial score (nSPS) is 10.6. The molecule has 3 nitrogen and oxygen atoms in total. The lowest BCUT2D eigenvalue weighted by molar-refractivity contribution is 0.321. The number of hydrogen-bond donors (Lipinski definition) is 0. The summed E-state index contributed by atoms with van der Waals surface area (Å²) in [4.78, 5) is 4.85. The molecule has 3 aromatic rings. The summed E-state index contributed by atoms with van der Waals surface area (Å²) in [5.41, 5.74) is 3.09. The van der Waals surface area contributed by atoms with Gasteiger partial charge in [-0.3, -0.25) is 4.90 Å². The lowest BCUT2D eigenvalue weighted by atomic mass is 10.1. The molecule has 25 heavy (non-hydrogen) atoms. The molecule has 0 aliphatic carbocycles. The Morgan fingerprint density at radius 3 is 2.56 bits per heavy atom. The Bertz CT molecular complexity index is 877. The minimum atomic E-state index is 0.693. The van der Waals surface area contributed by atoms with Gasteiger partial charge in [0.2, 0.25) is 0 Å². The van der Waals surface area contributed by atoms with Crippen molar-refractivity contribution in [1.29, 1.82) is 5.26 Å². The molecule has 0 radical (unpaired) electrons. The predicted octanol–water partition coefficient (Wildman–Crippen LogP) is 4.93. The van der Waals surface area contributed by atoms with Crippen LogP contribution in [0.4, 0.5) is 0 Å². The molecule has 0 amide bonds. The highest BCUT2D eigenvalue weighted by atomic mass is 32.1. The molecule has 0 fully saturated rings. The molecule has 1 aromatic heterocycles. The van der Waals surface area contributed by atoms with Crippen LogP contribution in [0, 0.1) is 11.3 Å². The first-order chi connectivity index (χ1) is 12.2. The Kier molecular flexibility index (Phi) is 5.49. The smallest absolute Gasteiger partial charge is 0.119 e. The molecular weight excluding hydrogens is 328 g/mol. The average molecular weight is 348 g/mol. The van der Waals surface area contributed by atoms with E-state index in [4.69, 9.17) is 10.00 Å². The summed E-state index contributed by atoms with van der Waals surface area (Å²) in [6, 6.07) is 22.4. The van der Waals surface area contributed by atoms with Crippen LogP contribution in [0.25, 0.3) is 10.4 Å². The van der Waals surface area contributed by atoms with E-state index in [2.05, 4.69) is 42.3 Å². The Morgan fingerprint density at radius 2 is 1.84 bits per heavy atom. The fourth-order valence-electron chi connectivity index (χ4n) is 2.73. The van der Waals surface area contributed by atoms with Gasteiger partial charge in [-0.2, -0.15) is 5.26 Å². The Hall–Kier alpha value is -2.61. The summed E-state index contributed by atoms with van der Waals surface area (Å²) in [6.07, 6.45) is 0. The van der Waals surface area contributed by atoms with Crippen molar-refractivity contribution in [3.63, 3.8) is 0 Å². The largest absolute Gasteiger partial charge is 0.497 e. The minimum Gasteiger partial charge on any atom is -0.497 e. The third-order valence-electron chi connectivity index (χ3n) is 3.97. The van der Waals surface area contributed by atoms with Crippen molar-refractivity contribution in [2.24, 2.45) is 0 Å². The number of methoxy groups -OCH3 is 1. The monoisotopic (exact) mass is 348 g/mol. The van der Waals surface area contributed by atoms with E-state index in [9.17, 15) is 0 Å². The topological polar surface area (TPSA) is 36.3 Å². The van der Waals surface area contributed by atoms with Crippen LogP contribution in [0.1, 0.15) is 16.0 Å². The van der Waals surface area contributed by atoms with Crippen LogP contribution in [-0.2, 0) is 13.1 Å². The molecule has 1 heterocycles. The van der Waals surface area contributed by atoms with Gasteiger partial charge >= 0.3 is 0 Å². The van der Waals surface area contributed by atoms with Crippen LogP contribution in [0.5, 0.6) is 5.75 Å². The van der Waals surface area contributed by atoms with Crippen LogP contribution in [0.2, 0.25) is 0 Å². The molecular formula is C21H20N2OS. The van der Waals surface area contributed by atoms with Crippen LogP contribution < -0.4 is 4.74 Å². The predicted molar refractivity (Wildman–Crippen MR) is 103 cm³/mol. The molecule has 0 saturated carbocycles. The highest BCUT2D eigenvalue weighted by molar-refractivity contribution is 7.15. The summed E-state index contributed by atoms with van der Waals surface area (Å²) in [5.74, 6) is 0.894. The first-order valence-corrected chi connectivity index (χ1v) is 8.90. The molecule has 0 atom stereocenters. The average Bonchev–Trinajstić information content (AvgIpc) is 3.10. The molecule has 126 valence electrons. The molecule has 2 aromatic carbocycles. The van der Waals surface area contributed by atoms with Gasteiger partial charge in [0.05, 0.1) is 18.7 Å². The van der Waals surface area contributed by atoms with E-state index < -0.39 is 0 Å². The van der Waals surface area contributed by atoms with Crippen molar-refractivity contribution < 1.29 is 4.74 Å². The number of hydrogen-bond acceptors (Lipinski definition) is 4. The lowest BCUT2D eigenvalue weighted by Gasteiger charge is -2.16. The van der Waals surface area contributed by atoms with Crippen molar-refractivity contribution in [2.75, 3.05) is 14.2 Å². The molecule has 0 bridgehead atoms. The minimum absolute atomic E-state index is 0.693. The summed E-state index contributed by atoms with van der Waals surface area (Å²) in [5, 5.41) is 8.90. The van der Waals surface area contributed by atoms with Gasteiger partial charge in [-0.1, -0.05) is 24.3 Å². The standard InChI is InChI=1S/C21H20N2OS/c1-23(14-17-4-3-5-19(12-17)24-2)15-20-10-11-21(25-20)18-8-6-16(13-22)7-9-18/h3-12H,14-15H2,1-2H3. The van der Waals surface area contributed by atoms with Gasteiger partial charge in [0.1, 0.15) is 5.75 Å². The van der Waals surface area contributed by atoms with E-state index in [1.165, 1.54) is 15.3 Å². The summed E-state index contributed by atoms with van der Waals surface area (Å²) < 4.78 is 5.29. The zero-order valence-corrected chi connectivity index (χ0v) is 15.2. The second kappa shape index (κ2) is 7.98. The van der Waals surface area contributed by atoms with Crippen molar-refractivity contribution in [1.82, 2.24) is 4.90 Å². The van der Waals surface area contributed by atoms with Crippen LogP contribution in [0.15, 0.2) is 60.7 Å². The number of ether oxygens (including phenoxy) is 1. The Morgan fingerprint density at radius 1 is 1.04 bits per heavy atom. The first kappa shape index (κ1) is 17.2.